The van der Waals surface area contributed by atoms with Gasteiger partial charge in [0, 0.05) is 40.1 Å². The lowest BCUT2D eigenvalue weighted by Crippen LogP contribution is -2.40. The van der Waals surface area contributed by atoms with Crippen molar-refractivity contribution in [2.75, 3.05) is 7.05 Å². The number of nitrogens with one attached hydrogen (secondary N) is 1. The molecule has 3 heterocycles. The number of fused-ring (bicyclic) bond motifs is 1. The second-order valence-electron chi connectivity index (χ2n) is 5.08. The van der Waals surface area contributed by atoms with E-state index in [2.05, 4.69) is 22.9 Å². The SMILES string of the molecule is C=C1CCC(C(=O)NCc2cc3cnccc3s2)N1C. The summed E-state index contributed by atoms with van der Waals surface area (Å²) in [4.78, 5) is 19.4. The van der Waals surface area contributed by atoms with Gasteiger partial charge in [0.2, 0.25) is 5.91 Å². The van der Waals surface area contributed by atoms with Crippen molar-refractivity contribution in [1.29, 1.82) is 0 Å². The Morgan fingerprint density at radius 3 is 3.20 bits per heavy atom. The minimum Gasteiger partial charge on any atom is -0.367 e. The zero-order valence-electron chi connectivity index (χ0n) is 11.4. The summed E-state index contributed by atoms with van der Waals surface area (Å²) in [7, 11) is 1.94. The van der Waals surface area contributed by atoms with Gasteiger partial charge in [-0.1, -0.05) is 6.58 Å². The first-order valence-corrected chi connectivity index (χ1v) is 7.47. The highest BCUT2D eigenvalue weighted by molar-refractivity contribution is 7.19. The summed E-state index contributed by atoms with van der Waals surface area (Å²) in [6.07, 6.45) is 5.41. The number of likely N-dealkylation sites (N-methyl/N-ethyl adjacent to an activating group) is 1. The Morgan fingerprint density at radius 2 is 2.50 bits per heavy atom. The van der Waals surface area contributed by atoms with Crippen LogP contribution in [-0.2, 0) is 11.3 Å². The third-order valence-electron chi connectivity index (χ3n) is 3.78. The van der Waals surface area contributed by atoms with Crippen LogP contribution in [0.15, 0.2) is 36.8 Å². The third kappa shape index (κ3) is 2.41. The van der Waals surface area contributed by atoms with Gasteiger partial charge in [0.1, 0.15) is 6.04 Å². The van der Waals surface area contributed by atoms with Gasteiger partial charge < -0.3 is 10.2 Å². The molecule has 1 unspecified atom stereocenters. The van der Waals surface area contributed by atoms with Crippen LogP contribution in [0.3, 0.4) is 0 Å². The molecule has 1 N–H and O–H groups in total. The van der Waals surface area contributed by atoms with Gasteiger partial charge in [0.15, 0.2) is 0 Å². The summed E-state index contributed by atoms with van der Waals surface area (Å²) in [6.45, 7) is 4.53. The highest BCUT2D eigenvalue weighted by Crippen LogP contribution is 2.26. The second-order valence-corrected chi connectivity index (χ2v) is 6.24. The van der Waals surface area contributed by atoms with Gasteiger partial charge in [0.25, 0.3) is 0 Å². The molecule has 1 aliphatic rings. The van der Waals surface area contributed by atoms with Crippen molar-refractivity contribution in [1.82, 2.24) is 15.2 Å². The lowest BCUT2D eigenvalue weighted by Gasteiger charge is -2.21. The van der Waals surface area contributed by atoms with Crippen LogP contribution in [0, 0.1) is 0 Å². The largest absolute Gasteiger partial charge is 0.367 e. The van der Waals surface area contributed by atoms with Crippen molar-refractivity contribution < 1.29 is 4.79 Å². The minimum absolute atomic E-state index is 0.0708. The number of hydrogen-bond donors (Lipinski definition) is 1. The fourth-order valence-electron chi connectivity index (χ4n) is 2.52. The number of carbonyl (C=O) groups is 1. The van der Waals surface area contributed by atoms with E-state index in [1.54, 1.807) is 17.5 Å². The molecule has 0 spiro atoms. The fourth-order valence-corrected chi connectivity index (χ4v) is 3.49. The number of rotatable bonds is 3. The molecule has 0 saturated carbocycles. The number of aromatic nitrogens is 1. The van der Waals surface area contributed by atoms with Gasteiger partial charge in [-0.3, -0.25) is 9.78 Å². The van der Waals surface area contributed by atoms with Crippen molar-refractivity contribution in [2.45, 2.75) is 25.4 Å². The van der Waals surface area contributed by atoms with Crippen molar-refractivity contribution in [3.8, 4) is 0 Å². The molecule has 0 bridgehead atoms. The summed E-state index contributed by atoms with van der Waals surface area (Å²) >= 11 is 1.70. The summed E-state index contributed by atoms with van der Waals surface area (Å²) in [6, 6.07) is 4.02. The number of nitrogens with zero attached hydrogens (tertiary/aromatic N) is 2. The summed E-state index contributed by atoms with van der Waals surface area (Å²) in [5.74, 6) is 0.0849. The molecule has 0 radical (unpaired) electrons. The van der Waals surface area contributed by atoms with Crippen molar-refractivity contribution in [3.05, 3.63) is 41.7 Å². The van der Waals surface area contributed by atoms with E-state index in [0.717, 1.165) is 28.8 Å². The van der Waals surface area contributed by atoms with Gasteiger partial charge in [-0.15, -0.1) is 11.3 Å². The number of hydrogen-bond acceptors (Lipinski definition) is 4. The second kappa shape index (κ2) is 5.25. The molecule has 4 nitrogen and oxygen atoms in total. The molecule has 0 aromatic carbocycles. The molecular weight excluding hydrogens is 270 g/mol. The van der Waals surface area contributed by atoms with E-state index >= 15 is 0 Å². The van der Waals surface area contributed by atoms with Crippen LogP contribution < -0.4 is 5.32 Å². The molecule has 1 saturated heterocycles. The Kier molecular flexibility index (Phi) is 3.44. The van der Waals surface area contributed by atoms with Gasteiger partial charge >= 0.3 is 0 Å². The summed E-state index contributed by atoms with van der Waals surface area (Å²) < 4.78 is 1.20. The Morgan fingerprint density at radius 1 is 1.65 bits per heavy atom. The molecule has 2 aromatic heterocycles. The molecule has 1 aliphatic heterocycles. The molecular formula is C15H17N3OS. The predicted octanol–water partition coefficient (Wildman–Crippen LogP) is 2.52. The molecule has 104 valence electrons. The zero-order valence-corrected chi connectivity index (χ0v) is 12.2. The topological polar surface area (TPSA) is 45.2 Å². The molecule has 2 aromatic rings. The highest BCUT2D eigenvalue weighted by atomic mass is 32.1. The average molecular weight is 287 g/mol. The maximum absolute atomic E-state index is 12.2. The summed E-state index contributed by atoms with van der Waals surface area (Å²) in [5.41, 5.74) is 1.04. The Hall–Kier alpha value is -1.88. The quantitative estimate of drug-likeness (QED) is 0.943. The Balaban J connectivity index is 1.64. The molecule has 5 heteroatoms. The van der Waals surface area contributed by atoms with E-state index in [9.17, 15) is 4.79 Å². The third-order valence-corrected chi connectivity index (χ3v) is 4.90. The van der Waals surface area contributed by atoms with E-state index in [4.69, 9.17) is 0 Å². The predicted molar refractivity (Wildman–Crippen MR) is 81.4 cm³/mol. The highest BCUT2D eigenvalue weighted by Gasteiger charge is 2.29. The van der Waals surface area contributed by atoms with Gasteiger partial charge in [-0.2, -0.15) is 0 Å². The van der Waals surface area contributed by atoms with Crippen molar-refractivity contribution in [2.24, 2.45) is 0 Å². The Bertz CT molecular complexity index is 631. The Labute approximate surface area is 122 Å². The van der Waals surface area contributed by atoms with Crippen LogP contribution in [0.2, 0.25) is 0 Å². The van der Waals surface area contributed by atoms with E-state index in [1.807, 2.05) is 24.2 Å². The monoisotopic (exact) mass is 287 g/mol. The number of allylic oxidation sites excluding steroid dienone is 1. The van der Waals surface area contributed by atoms with Crippen molar-refractivity contribution in [3.63, 3.8) is 0 Å². The van der Waals surface area contributed by atoms with Crippen LogP contribution in [0.1, 0.15) is 17.7 Å². The maximum atomic E-state index is 12.2. The number of likely N-dealkylation sites (tertiary alicyclic amines) is 1. The van der Waals surface area contributed by atoms with Gasteiger partial charge in [-0.25, -0.2) is 0 Å². The van der Waals surface area contributed by atoms with E-state index in [-0.39, 0.29) is 11.9 Å². The number of amides is 1. The van der Waals surface area contributed by atoms with Crippen LogP contribution in [0.25, 0.3) is 10.1 Å². The lowest BCUT2D eigenvalue weighted by atomic mass is 10.2. The minimum atomic E-state index is -0.0708. The maximum Gasteiger partial charge on any atom is 0.242 e. The van der Waals surface area contributed by atoms with E-state index < -0.39 is 0 Å². The first-order valence-electron chi connectivity index (χ1n) is 6.66. The molecule has 3 rings (SSSR count). The van der Waals surface area contributed by atoms with Crippen LogP contribution >= 0.6 is 11.3 Å². The number of thiophene rings is 1. The molecule has 0 aliphatic carbocycles. The van der Waals surface area contributed by atoms with Crippen LogP contribution in [0.5, 0.6) is 0 Å². The van der Waals surface area contributed by atoms with Crippen molar-refractivity contribution >= 4 is 27.3 Å². The van der Waals surface area contributed by atoms with E-state index in [1.165, 1.54) is 4.70 Å². The van der Waals surface area contributed by atoms with Crippen LogP contribution in [0.4, 0.5) is 0 Å². The smallest absolute Gasteiger partial charge is 0.242 e. The van der Waals surface area contributed by atoms with Gasteiger partial charge in [-0.05, 0) is 25.0 Å². The molecule has 1 amide bonds. The fraction of sp³-hybridized carbons (Fsp3) is 0.333. The first kappa shape index (κ1) is 13.1. The molecule has 1 fully saturated rings. The van der Waals surface area contributed by atoms with Crippen LogP contribution in [-0.4, -0.2) is 28.9 Å². The molecule has 1 atom stereocenters. The zero-order chi connectivity index (χ0) is 14.1. The standard InChI is InChI=1S/C15H17N3OS/c1-10-3-4-13(18(10)2)15(19)17-9-12-7-11-8-16-6-5-14(11)20-12/h5-8,13H,1,3-4,9H2,2H3,(H,17,19). The first-order chi connectivity index (χ1) is 9.65. The number of pyridine rings is 1. The number of carbonyl (C=O) groups excluding carboxylic acids is 1. The lowest BCUT2D eigenvalue weighted by molar-refractivity contribution is -0.124. The average Bonchev–Trinajstić information content (AvgIpc) is 3.00. The van der Waals surface area contributed by atoms with Gasteiger partial charge in [0.05, 0.1) is 6.54 Å². The van der Waals surface area contributed by atoms with E-state index in [0.29, 0.717) is 6.54 Å². The summed E-state index contributed by atoms with van der Waals surface area (Å²) in [5, 5.41) is 4.15. The normalized spacial score (nSPS) is 18.8. The molecule has 20 heavy (non-hydrogen) atoms.